The lowest BCUT2D eigenvalue weighted by atomic mass is 10.1. The van der Waals surface area contributed by atoms with Crippen LogP contribution in [0.4, 0.5) is 5.82 Å². The Kier molecular flexibility index (Phi) is 6.86. The summed E-state index contributed by atoms with van der Waals surface area (Å²) in [6.07, 6.45) is 3.18. The summed E-state index contributed by atoms with van der Waals surface area (Å²) in [5, 5.41) is 9.43. The maximum atomic E-state index is 12.3. The third kappa shape index (κ3) is 5.36. The minimum atomic E-state index is -0.563. The molecule has 0 fully saturated rings. The number of nitrogens with two attached hydrogens (primary N) is 1. The van der Waals surface area contributed by atoms with Crippen molar-refractivity contribution in [2.45, 2.75) is 39.2 Å². The van der Waals surface area contributed by atoms with Crippen LogP contribution in [0.2, 0.25) is 0 Å². The van der Waals surface area contributed by atoms with Crippen molar-refractivity contribution in [2.24, 2.45) is 10.7 Å². The number of rotatable bonds is 9. The molecule has 0 saturated carbocycles. The molecule has 2 aromatic rings. The van der Waals surface area contributed by atoms with Gasteiger partial charge in [-0.25, -0.2) is 9.98 Å². The van der Waals surface area contributed by atoms with E-state index in [4.69, 9.17) is 10.5 Å². The molecule has 32 heavy (non-hydrogen) atoms. The molecule has 1 atom stereocenters. The van der Waals surface area contributed by atoms with E-state index in [0.29, 0.717) is 25.4 Å². The molecule has 0 bridgehead atoms. The quantitative estimate of drug-likeness (QED) is 0.444. The van der Waals surface area contributed by atoms with E-state index in [0.717, 1.165) is 35.6 Å². The lowest BCUT2D eigenvalue weighted by Crippen LogP contribution is -2.54. The Morgan fingerprint density at radius 2 is 2.12 bits per heavy atom. The number of ether oxygens (including phenoxy) is 1. The average molecular weight is 436 g/mol. The summed E-state index contributed by atoms with van der Waals surface area (Å²) in [4.78, 5) is 22.9. The number of nitrogens with zero attached hydrogens (tertiary/aromatic N) is 3. The fraction of sp³-hybridized carbons (Fsp3) is 0.348. The van der Waals surface area contributed by atoms with Gasteiger partial charge in [-0.2, -0.15) is 0 Å². The van der Waals surface area contributed by atoms with Crippen molar-refractivity contribution < 1.29 is 9.53 Å². The van der Waals surface area contributed by atoms with Crippen LogP contribution in [0, 0.1) is 0 Å². The van der Waals surface area contributed by atoms with E-state index in [2.05, 4.69) is 45.0 Å². The molecule has 0 aliphatic carbocycles. The number of aliphatic imine (C=N–C) groups is 1. The highest BCUT2D eigenvalue weighted by molar-refractivity contribution is 6.02. The number of nitrogens with one attached hydrogen (secondary N) is 3. The summed E-state index contributed by atoms with van der Waals surface area (Å²) in [6, 6.07) is 14.0. The first-order valence-corrected chi connectivity index (χ1v) is 10.9. The topological polar surface area (TPSA) is 117 Å². The molecule has 3 heterocycles. The Bertz CT molecular complexity index is 1010. The zero-order valence-electron chi connectivity index (χ0n) is 18.2. The predicted molar refractivity (Wildman–Crippen MR) is 123 cm³/mol. The third-order valence-electron chi connectivity index (χ3n) is 5.20. The second kappa shape index (κ2) is 10.1. The first-order chi connectivity index (χ1) is 15.6. The van der Waals surface area contributed by atoms with Gasteiger partial charge < -0.3 is 31.3 Å². The number of aromatic nitrogens is 1. The lowest BCUT2D eigenvalue weighted by Gasteiger charge is -2.37. The van der Waals surface area contributed by atoms with Gasteiger partial charge in [0.2, 0.25) is 12.3 Å². The monoisotopic (exact) mass is 435 g/mol. The van der Waals surface area contributed by atoms with Gasteiger partial charge >= 0.3 is 0 Å². The third-order valence-corrected chi connectivity index (χ3v) is 5.20. The molecule has 0 saturated heterocycles. The van der Waals surface area contributed by atoms with Crippen LogP contribution in [0.15, 0.2) is 65.2 Å². The van der Waals surface area contributed by atoms with E-state index in [1.54, 1.807) is 6.20 Å². The van der Waals surface area contributed by atoms with Crippen molar-refractivity contribution in [2.75, 3.05) is 18.5 Å². The molecular formula is C23H29N7O2. The fourth-order valence-corrected chi connectivity index (χ4v) is 3.61. The van der Waals surface area contributed by atoms with Crippen molar-refractivity contribution >= 4 is 17.6 Å². The number of anilines is 1. The number of amidine groups is 1. The van der Waals surface area contributed by atoms with E-state index in [-0.39, 0.29) is 18.3 Å². The average Bonchev–Trinajstić information content (AvgIpc) is 2.80. The second-order valence-electron chi connectivity index (χ2n) is 7.75. The van der Waals surface area contributed by atoms with E-state index in [9.17, 15) is 4.79 Å². The van der Waals surface area contributed by atoms with Gasteiger partial charge in [0.1, 0.15) is 17.3 Å². The smallest absolute Gasteiger partial charge is 0.244 e. The first kappa shape index (κ1) is 21.6. The summed E-state index contributed by atoms with van der Waals surface area (Å²) in [5.74, 6) is 1.71. The van der Waals surface area contributed by atoms with Gasteiger partial charge in [0.25, 0.3) is 0 Å². The summed E-state index contributed by atoms with van der Waals surface area (Å²) < 4.78 is 5.79. The van der Waals surface area contributed by atoms with Gasteiger partial charge in [-0.3, -0.25) is 4.79 Å². The van der Waals surface area contributed by atoms with Gasteiger partial charge in [0, 0.05) is 19.3 Å². The standard InChI is InChI=1S/C23H29N7O2/c1-2-3-11-32-23-28-21(24)20-22(29-23)30(15-19(31)27-20)14-17-8-6-7-16(12-17)13-26-18-9-4-5-10-25-18/h4-10,12,23,29H,2-3,11,13-15H2,1H3,(H2,24,28)(H,25,26)(H,27,31). The van der Waals surface area contributed by atoms with Gasteiger partial charge in [-0.1, -0.05) is 43.7 Å². The molecule has 9 nitrogen and oxygen atoms in total. The summed E-state index contributed by atoms with van der Waals surface area (Å²) in [7, 11) is 0. The molecule has 9 heteroatoms. The molecule has 0 spiro atoms. The van der Waals surface area contributed by atoms with Crippen LogP contribution in [-0.4, -0.2) is 41.1 Å². The number of hydrogen-bond acceptors (Lipinski definition) is 8. The maximum absolute atomic E-state index is 12.3. The normalized spacial score (nSPS) is 17.9. The summed E-state index contributed by atoms with van der Waals surface area (Å²) in [5.41, 5.74) is 8.85. The van der Waals surface area contributed by atoms with Crippen LogP contribution < -0.4 is 21.7 Å². The lowest BCUT2D eigenvalue weighted by molar-refractivity contribution is -0.122. The van der Waals surface area contributed by atoms with Crippen LogP contribution >= 0.6 is 0 Å². The van der Waals surface area contributed by atoms with Crippen LogP contribution in [0.3, 0.4) is 0 Å². The van der Waals surface area contributed by atoms with E-state index >= 15 is 0 Å². The van der Waals surface area contributed by atoms with E-state index in [1.165, 1.54) is 0 Å². The van der Waals surface area contributed by atoms with Gasteiger partial charge in [0.15, 0.2) is 5.84 Å². The molecule has 168 valence electrons. The maximum Gasteiger partial charge on any atom is 0.244 e. The molecular weight excluding hydrogens is 406 g/mol. The van der Waals surface area contributed by atoms with Crippen molar-refractivity contribution in [3.63, 3.8) is 0 Å². The minimum absolute atomic E-state index is 0.123. The second-order valence-corrected chi connectivity index (χ2v) is 7.75. The Balaban J connectivity index is 1.46. The largest absolute Gasteiger partial charge is 0.382 e. The number of amides is 1. The number of carbonyl (C=O) groups is 1. The van der Waals surface area contributed by atoms with Crippen molar-refractivity contribution in [1.82, 2.24) is 20.5 Å². The molecule has 1 aromatic carbocycles. The van der Waals surface area contributed by atoms with Crippen LogP contribution in [0.5, 0.6) is 0 Å². The van der Waals surface area contributed by atoms with Crippen molar-refractivity contribution in [3.8, 4) is 0 Å². The molecule has 2 aliphatic rings. The molecule has 4 rings (SSSR count). The van der Waals surface area contributed by atoms with Gasteiger partial charge in [-0.15, -0.1) is 0 Å². The summed E-state index contributed by atoms with van der Waals surface area (Å²) >= 11 is 0. The Labute approximate surface area is 187 Å². The Morgan fingerprint density at radius 3 is 2.94 bits per heavy atom. The van der Waals surface area contributed by atoms with Crippen LogP contribution in [-0.2, 0) is 22.6 Å². The molecule has 1 aromatic heterocycles. The zero-order valence-corrected chi connectivity index (χ0v) is 18.2. The minimum Gasteiger partial charge on any atom is -0.382 e. The molecule has 1 amide bonds. The first-order valence-electron chi connectivity index (χ1n) is 10.9. The highest BCUT2D eigenvalue weighted by atomic mass is 16.5. The Morgan fingerprint density at radius 1 is 1.25 bits per heavy atom. The van der Waals surface area contributed by atoms with Crippen LogP contribution in [0.25, 0.3) is 0 Å². The number of carbonyl (C=O) groups excluding carboxylic acids is 1. The molecule has 1 unspecified atom stereocenters. The molecule has 5 N–H and O–H groups in total. The Hall–Kier alpha value is -3.59. The highest BCUT2D eigenvalue weighted by Crippen LogP contribution is 2.20. The summed E-state index contributed by atoms with van der Waals surface area (Å²) in [6.45, 7) is 4.12. The SMILES string of the molecule is CCCCOC1N=C(N)C2=C(N1)N(Cc1cccc(CNc3ccccn3)c1)CC(=O)N2. The molecule has 2 aliphatic heterocycles. The van der Waals surface area contributed by atoms with E-state index in [1.807, 2.05) is 35.2 Å². The number of pyridine rings is 1. The number of unbranched alkanes of at least 4 members (excludes halogenated alkanes) is 1. The number of benzene rings is 1. The zero-order chi connectivity index (χ0) is 22.3. The highest BCUT2D eigenvalue weighted by Gasteiger charge is 2.32. The van der Waals surface area contributed by atoms with Crippen molar-refractivity contribution in [3.05, 3.63) is 71.3 Å². The fourth-order valence-electron chi connectivity index (χ4n) is 3.61. The molecule has 0 radical (unpaired) electrons. The van der Waals surface area contributed by atoms with Crippen LogP contribution in [0.1, 0.15) is 30.9 Å². The van der Waals surface area contributed by atoms with E-state index < -0.39 is 6.35 Å². The van der Waals surface area contributed by atoms with Gasteiger partial charge in [-0.05, 0) is 29.7 Å². The van der Waals surface area contributed by atoms with Gasteiger partial charge in [0.05, 0.1) is 13.2 Å². The predicted octanol–water partition coefficient (Wildman–Crippen LogP) is 1.86. The number of hydrogen-bond donors (Lipinski definition) is 4. The van der Waals surface area contributed by atoms with Crippen molar-refractivity contribution in [1.29, 1.82) is 0 Å².